The monoisotopic (exact) mass is 359 g/mol. The summed E-state index contributed by atoms with van der Waals surface area (Å²) in [4.78, 5) is 23.9. The molecule has 8 heteroatoms. The lowest BCUT2D eigenvalue weighted by Gasteiger charge is -2.10. The smallest absolute Gasteiger partial charge is 0.354 e. The van der Waals surface area contributed by atoms with Crippen LogP contribution in [0.2, 0.25) is 0 Å². The van der Waals surface area contributed by atoms with Crippen LogP contribution in [0.5, 0.6) is 0 Å². The number of aromatic nitrogens is 1. The number of carbonyl (C=O) groups excluding carboxylic acids is 1. The van der Waals surface area contributed by atoms with Gasteiger partial charge in [0.2, 0.25) is 0 Å². The van der Waals surface area contributed by atoms with Gasteiger partial charge in [0, 0.05) is 5.39 Å². The van der Waals surface area contributed by atoms with Gasteiger partial charge in [-0.15, -0.1) is 0 Å². The first-order chi connectivity index (χ1) is 11.9. The lowest BCUT2D eigenvalue weighted by molar-refractivity contribution is 0.0583. The first-order valence-corrected chi connectivity index (χ1v) is 8.59. The highest BCUT2D eigenvalue weighted by molar-refractivity contribution is 7.90. The highest BCUT2D eigenvalue weighted by Crippen LogP contribution is 2.31. The fourth-order valence-corrected chi connectivity index (χ4v) is 4.20. The number of benzene rings is 2. The number of para-hydroxylation sites is 1. The average Bonchev–Trinajstić information content (AvgIpc) is 2.98. The summed E-state index contributed by atoms with van der Waals surface area (Å²) in [5.41, 5.74) is -0.869. The van der Waals surface area contributed by atoms with Crippen LogP contribution in [0.3, 0.4) is 0 Å². The lowest BCUT2D eigenvalue weighted by Crippen LogP contribution is -2.20. The second-order valence-corrected chi connectivity index (χ2v) is 6.91. The average molecular weight is 359 g/mol. The molecule has 0 aliphatic heterocycles. The normalized spacial score (nSPS) is 11.4. The number of nitrogens with zero attached hydrogens (tertiary/aromatic N) is 1. The zero-order chi connectivity index (χ0) is 18.2. The standard InChI is InChI=1S/C17H13NO6S/c1-24-17(21)14-12-9-5-6-10-13(12)18(15(14)16(19)20)25(22,23)11-7-3-2-4-8-11/h2-10H,1H3,(H,19,20). The third kappa shape index (κ3) is 2.56. The third-order valence-corrected chi connectivity index (χ3v) is 5.43. The van der Waals surface area contributed by atoms with Crippen molar-refractivity contribution in [3.05, 3.63) is 65.9 Å². The van der Waals surface area contributed by atoms with Crippen molar-refractivity contribution < 1.29 is 27.9 Å². The molecule has 128 valence electrons. The number of carboxylic acid groups (broad SMARTS) is 1. The Kier molecular flexibility index (Phi) is 4.05. The number of methoxy groups -OCH3 is 1. The Morgan fingerprint density at radius 3 is 2.20 bits per heavy atom. The Morgan fingerprint density at radius 1 is 1.00 bits per heavy atom. The molecule has 0 radical (unpaired) electrons. The van der Waals surface area contributed by atoms with E-state index < -0.39 is 27.7 Å². The minimum Gasteiger partial charge on any atom is -0.477 e. The largest absolute Gasteiger partial charge is 0.477 e. The third-order valence-electron chi connectivity index (χ3n) is 3.71. The molecule has 0 saturated carbocycles. The summed E-state index contributed by atoms with van der Waals surface area (Å²) in [5, 5.41) is 9.80. The maximum absolute atomic E-state index is 13.0. The quantitative estimate of drug-likeness (QED) is 0.718. The molecule has 0 fully saturated rings. The Morgan fingerprint density at radius 2 is 1.60 bits per heavy atom. The molecular weight excluding hydrogens is 346 g/mol. The molecule has 7 nitrogen and oxygen atoms in total. The SMILES string of the molecule is COC(=O)c1c(C(=O)O)n(S(=O)(=O)c2ccccc2)c2ccccc12. The molecule has 2 aromatic carbocycles. The number of hydrogen-bond donors (Lipinski definition) is 1. The van der Waals surface area contributed by atoms with Crippen LogP contribution in [-0.4, -0.2) is 36.5 Å². The van der Waals surface area contributed by atoms with E-state index in [1.165, 1.54) is 36.4 Å². The predicted octanol–water partition coefficient (Wildman–Crippen LogP) is 2.36. The second-order valence-electron chi connectivity index (χ2n) is 5.12. The Bertz CT molecular complexity index is 1080. The summed E-state index contributed by atoms with van der Waals surface area (Å²) in [6.45, 7) is 0. The van der Waals surface area contributed by atoms with Crippen LogP contribution >= 0.6 is 0 Å². The minimum absolute atomic E-state index is 0.0872. The summed E-state index contributed by atoms with van der Waals surface area (Å²) >= 11 is 0. The molecular formula is C17H13NO6S. The van der Waals surface area contributed by atoms with Crippen molar-refractivity contribution in [2.45, 2.75) is 4.90 Å². The highest BCUT2D eigenvalue weighted by atomic mass is 32.2. The van der Waals surface area contributed by atoms with Gasteiger partial charge < -0.3 is 9.84 Å². The zero-order valence-electron chi connectivity index (χ0n) is 13.0. The van der Waals surface area contributed by atoms with E-state index in [0.29, 0.717) is 3.97 Å². The molecule has 0 unspecified atom stereocenters. The van der Waals surface area contributed by atoms with Gasteiger partial charge in [0.05, 0.1) is 17.5 Å². The van der Waals surface area contributed by atoms with Crippen LogP contribution in [0.1, 0.15) is 20.8 Å². The highest BCUT2D eigenvalue weighted by Gasteiger charge is 2.33. The molecule has 1 heterocycles. The predicted molar refractivity (Wildman–Crippen MR) is 89.3 cm³/mol. The number of fused-ring (bicyclic) bond motifs is 1. The molecule has 0 aliphatic carbocycles. The van der Waals surface area contributed by atoms with Crippen LogP contribution in [0, 0.1) is 0 Å². The number of hydrogen-bond acceptors (Lipinski definition) is 5. The molecule has 0 spiro atoms. The van der Waals surface area contributed by atoms with Gasteiger partial charge in [-0.25, -0.2) is 22.0 Å². The number of esters is 1. The van der Waals surface area contributed by atoms with E-state index >= 15 is 0 Å². The number of rotatable bonds is 4. The topological polar surface area (TPSA) is 103 Å². The van der Waals surface area contributed by atoms with Crippen LogP contribution in [0.4, 0.5) is 0 Å². The van der Waals surface area contributed by atoms with Crippen molar-refractivity contribution in [1.29, 1.82) is 0 Å². The maximum atomic E-state index is 13.0. The Labute approximate surface area is 143 Å². The van der Waals surface area contributed by atoms with Crippen molar-refractivity contribution >= 4 is 32.9 Å². The van der Waals surface area contributed by atoms with Crippen LogP contribution in [0.25, 0.3) is 10.9 Å². The molecule has 0 amide bonds. The Balaban J connectivity index is 2.49. The molecule has 1 aromatic heterocycles. The van der Waals surface area contributed by atoms with E-state index in [9.17, 15) is 23.1 Å². The van der Waals surface area contributed by atoms with Crippen molar-refractivity contribution in [3.8, 4) is 0 Å². The number of carboxylic acids is 1. The van der Waals surface area contributed by atoms with Crippen LogP contribution in [-0.2, 0) is 14.8 Å². The van der Waals surface area contributed by atoms with E-state index in [1.54, 1.807) is 18.2 Å². The summed E-state index contributed by atoms with van der Waals surface area (Å²) < 4.78 is 31.4. The first-order valence-electron chi connectivity index (χ1n) is 7.15. The molecule has 3 aromatic rings. The van der Waals surface area contributed by atoms with Crippen molar-refractivity contribution in [2.24, 2.45) is 0 Å². The van der Waals surface area contributed by atoms with E-state index in [2.05, 4.69) is 4.74 Å². The van der Waals surface area contributed by atoms with Gasteiger partial charge >= 0.3 is 11.9 Å². The summed E-state index contributed by atoms with van der Waals surface area (Å²) in [6, 6.07) is 13.5. The molecule has 0 atom stereocenters. The fraction of sp³-hybridized carbons (Fsp3) is 0.0588. The second kappa shape index (κ2) is 6.06. The molecule has 0 aliphatic rings. The molecule has 3 rings (SSSR count). The fourth-order valence-electron chi connectivity index (χ4n) is 2.66. The van der Waals surface area contributed by atoms with Gasteiger partial charge in [0.1, 0.15) is 5.56 Å². The molecule has 0 saturated heterocycles. The summed E-state index contributed by atoms with van der Waals surface area (Å²) in [7, 11) is -3.13. The number of aromatic carboxylic acids is 1. The molecule has 0 bridgehead atoms. The minimum atomic E-state index is -4.23. The molecule has 1 N–H and O–H groups in total. The number of ether oxygens (including phenoxy) is 1. The van der Waals surface area contributed by atoms with E-state index in [0.717, 1.165) is 7.11 Å². The zero-order valence-corrected chi connectivity index (χ0v) is 13.9. The van der Waals surface area contributed by atoms with Gasteiger partial charge in [-0.05, 0) is 18.2 Å². The van der Waals surface area contributed by atoms with E-state index in [4.69, 9.17) is 0 Å². The Hall–Kier alpha value is -3.13. The van der Waals surface area contributed by atoms with Crippen molar-refractivity contribution in [1.82, 2.24) is 3.97 Å². The van der Waals surface area contributed by atoms with Crippen molar-refractivity contribution in [3.63, 3.8) is 0 Å². The first kappa shape index (κ1) is 16.7. The van der Waals surface area contributed by atoms with Gasteiger partial charge in [0.15, 0.2) is 5.69 Å². The molecule has 25 heavy (non-hydrogen) atoms. The summed E-state index contributed by atoms with van der Waals surface area (Å²) in [6.07, 6.45) is 0. The summed E-state index contributed by atoms with van der Waals surface area (Å²) in [5.74, 6) is -2.47. The van der Waals surface area contributed by atoms with Gasteiger partial charge in [-0.2, -0.15) is 0 Å². The van der Waals surface area contributed by atoms with Gasteiger partial charge in [-0.3, -0.25) is 0 Å². The maximum Gasteiger partial charge on any atom is 0.354 e. The van der Waals surface area contributed by atoms with Crippen molar-refractivity contribution in [2.75, 3.05) is 7.11 Å². The van der Waals surface area contributed by atoms with Gasteiger partial charge in [0.25, 0.3) is 10.0 Å². The van der Waals surface area contributed by atoms with E-state index in [-0.39, 0.29) is 21.4 Å². The van der Waals surface area contributed by atoms with E-state index in [1.807, 2.05) is 0 Å². The van der Waals surface area contributed by atoms with Gasteiger partial charge in [-0.1, -0.05) is 36.4 Å². The lowest BCUT2D eigenvalue weighted by atomic mass is 10.1. The number of carbonyl (C=O) groups is 2. The van der Waals surface area contributed by atoms with Crippen LogP contribution in [0.15, 0.2) is 59.5 Å². The van der Waals surface area contributed by atoms with Crippen LogP contribution < -0.4 is 0 Å².